The van der Waals surface area contributed by atoms with Crippen molar-refractivity contribution in [3.05, 3.63) is 35.4 Å². The molecule has 108 valence electrons. The maximum atomic E-state index is 12.0. The number of nitrogens with one attached hydrogen (secondary N) is 1. The van der Waals surface area contributed by atoms with E-state index in [4.69, 9.17) is 0 Å². The van der Waals surface area contributed by atoms with Crippen molar-refractivity contribution < 1.29 is 4.79 Å². The molecule has 3 aromatic heterocycles. The number of carbonyl (C=O) groups is 1. The van der Waals surface area contributed by atoms with Crippen LogP contribution in [-0.4, -0.2) is 30.6 Å². The Morgan fingerprint density at radius 2 is 2.29 bits per heavy atom. The normalized spacial score (nSPS) is 13.7. The molecular formula is C13H13N5OS2. The molecule has 0 bridgehead atoms. The van der Waals surface area contributed by atoms with Crippen molar-refractivity contribution in [3.8, 4) is 0 Å². The number of carbonyl (C=O) groups excluding carboxylic acids is 1. The number of rotatable bonds is 4. The van der Waals surface area contributed by atoms with E-state index in [-0.39, 0.29) is 5.91 Å². The molecule has 0 spiro atoms. The lowest BCUT2D eigenvalue weighted by atomic mass is 10.3. The van der Waals surface area contributed by atoms with E-state index in [1.807, 2.05) is 28.4 Å². The van der Waals surface area contributed by atoms with E-state index < -0.39 is 0 Å². The van der Waals surface area contributed by atoms with Gasteiger partial charge in [0.05, 0.1) is 24.4 Å². The summed E-state index contributed by atoms with van der Waals surface area (Å²) < 4.78 is 4.07. The van der Waals surface area contributed by atoms with Gasteiger partial charge in [-0.3, -0.25) is 9.20 Å². The lowest BCUT2D eigenvalue weighted by Gasteiger charge is -2.01. The molecule has 0 saturated heterocycles. The van der Waals surface area contributed by atoms with Crippen LogP contribution in [0.25, 0.3) is 4.96 Å². The lowest BCUT2D eigenvalue weighted by Crippen LogP contribution is -2.24. The highest BCUT2D eigenvalue weighted by atomic mass is 32.2. The Balaban J connectivity index is 1.36. The van der Waals surface area contributed by atoms with Crippen LogP contribution in [0.3, 0.4) is 0 Å². The highest BCUT2D eigenvalue weighted by Gasteiger charge is 2.15. The first-order valence-electron chi connectivity index (χ1n) is 6.64. The molecule has 0 radical (unpaired) electrons. The zero-order valence-corrected chi connectivity index (χ0v) is 12.8. The van der Waals surface area contributed by atoms with Crippen molar-refractivity contribution in [3.63, 3.8) is 0 Å². The van der Waals surface area contributed by atoms with Gasteiger partial charge in [0.25, 0.3) is 0 Å². The van der Waals surface area contributed by atoms with Gasteiger partial charge >= 0.3 is 0 Å². The Morgan fingerprint density at radius 1 is 1.33 bits per heavy atom. The summed E-state index contributed by atoms with van der Waals surface area (Å²) in [6.07, 6.45) is 6.16. The minimum Gasteiger partial charge on any atom is -0.350 e. The molecule has 21 heavy (non-hydrogen) atoms. The fraction of sp³-hybridized carbons (Fsp3) is 0.308. The van der Waals surface area contributed by atoms with Crippen molar-refractivity contribution in [2.24, 2.45) is 0 Å². The SMILES string of the molecule is O=C(Cc1cn2ccsc2n1)NCc1cn2c(n1)SCC2. The average molecular weight is 319 g/mol. The number of aryl methyl sites for hydroxylation is 1. The Bertz CT molecular complexity index is 753. The van der Waals surface area contributed by atoms with Crippen molar-refractivity contribution in [1.29, 1.82) is 0 Å². The maximum Gasteiger partial charge on any atom is 0.226 e. The van der Waals surface area contributed by atoms with Crippen LogP contribution >= 0.6 is 23.1 Å². The number of nitrogens with zero attached hydrogens (tertiary/aromatic N) is 4. The molecule has 4 heterocycles. The van der Waals surface area contributed by atoms with Crippen LogP contribution in [0.4, 0.5) is 0 Å². The second kappa shape index (κ2) is 5.19. The minimum absolute atomic E-state index is 0.0263. The van der Waals surface area contributed by atoms with Crippen LogP contribution in [0.15, 0.2) is 29.1 Å². The zero-order chi connectivity index (χ0) is 14.2. The van der Waals surface area contributed by atoms with E-state index in [9.17, 15) is 4.79 Å². The molecule has 1 aliphatic rings. The molecule has 4 rings (SSSR count). The first-order chi connectivity index (χ1) is 10.3. The van der Waals surface area contributed by atoms with E-state index in [1.165, 1.54) is 0 Å². The monoisotopic (exact) mass is 319 g/mol. The van der Waals surface area contributed by atoms with Gasteiger partial charge in [0.1, 0.15) is 0 Å². The average Bonchev–Trinajstić information content (AvgIpc) is 3.14. The van der Waals surface area contributed by atoms with Gasteiger partial charge in [-0.2, -0.15) is 0 Å². The number of amides is 1. The highest BCUT2D eigenvalue weighted by Crippen LogP contribution is 2.24. The molecule has 6 nitrogen and oxygen atoms in total. The molecule has 0 unspecified atom stereocenters. The lowest BCUT2D eigenvalue weighted by molar-refractivity contribution is -0.120. The van der Waals surface area contributed by atoms with Gasteiger partial charge in [-0.15, -0.1) is 11.3 Å². The number of thiazole rings is 1. The smallest absolute Gasteiger partial charge is 0.226 e. The number of aromatic nitrogens is 4. The summed E-state index contributed by atoms with van der Waals surface area (Å²) in [5.74, 6) is 1.06. The molecule has 0 aliphatic carbocycles. The number of thioether (sulfide) groups is 1. The van der Waals surface area contributed by atoms with Crippen LogP contribution in [0.5, 0.6) is 0 Å². The highest BCUT2D eigenvalue weighted by molar-refractivity contribution is 7.99. The van der Waals surface area contributed by atoms with E-state index in [2.05, 4.69) is 19.9 Å². The predicted octanol–water partition coefficient (Wildman–Crippen LogP) is 1.56. The number of hydrogen-bond acceptors (Lipinski definition) is 5. The molecule has 8 heteroatoms. The number of hydrogen-bond donors (Lipinski definition) is 1. The summed E-state index contributed by atoms with van der Waals surface area (Å²) in [4.78, 5) is 21.8. The van der Waals surface area contributed by atoms with Crippen LogP contribution in [0.2, 0.25) is 0 Å². The second-order valence-electron chi connectivity index (χ2n) is 4.84. The van der Waals surface area contributed by atoms with Gasteiger partial charge in [-0.25, -0.2) is 9.97 Å². The molecule has 1 N–H and O–H groups in total. The Kier molecular flexibility index (Phi) is 3.19. The molecule has 3 aromatic rings. The van der Waals surface area contributed by atoms with Gasteiger partial charge in [-0.1, -0.05) is 11.8 Å². The standard InChI is InChI=1S/C13H13N5OS2/c19-11(5-9-7-17-1-3-20-12(17)15-9)14-6-10-8-18-2-4-21-13(18)16-10/h1,3,7-8H,2,4-6H2,(H,14,19). The summed E-state index contributed by atoms with van der Waals surface area (Å²) in [6.45, 7) is 1.48. The van der Waals surface area contributed by atoms with E-state index >= 15 is 0 Å². The largest absolute Gasteiger partial charge is 0.350 e. The van der Waals surface area contributed by atoms with Crippen molar-refractivity contribution >= 4 is 34.0 Å². The van der Waals surface area contributed by atoms with Gasteiger partial charge in [-0.05, 0) is 0 Å². The van der Waals surface area contributed by atoms with Crippen LogP contribution in [-0.2, 0) is 24.3 Å². The summed E-state index contributed by atoms with van der Waals surface area (Å²) in [5.41, 5.74) is 1.71. The van der Waals surface area contributed by atoms with Gasteiger partial charge < -0.3 is 9.88 Å². The zero-order valence-electron chi connectivity index (χ0n) is 11.2. The fourth-order valence-electron chi connectivity index (χ4n) is 2.32. The van der Waals surface area contributed by atoms with Crippen molar-refractivity contribution in [1.82, 2.24) is 24.3 Å². The summed E-state index contributed by atoms with van der Waals surface area (Å²) in [5, 5.41) is 5.93. The van der Waals surface area contributed by atoms with Crippen molar-refractivity contribution in [2.45, 2.75) is 24.7 Å². The van der Waals surface area contributed by atoms with Crippen LogP contribution in [0.1, 0.15) is 11.4 Å². The Morgan fingerprint density at radius 3 is 3.14 bits per heavy atom. The molecule has 0 fully saturated rings. The van der Waals surface area contributed by atoms with Gasteiger partial charge in [0, 0.05) is 36.3 Å². The Hall–Kier alpha value is -1.80. The van der Waals surface area contributed by atoms with E-state index in [0.29, 0.717) is 13.0 Å². The Labute approximate surface area is 129 Å². The van der Waals surface area contributed by atoms with E-state index in [1.54, 1.807) is 23.1 Å². The van der Waals surface area contributed by atoms with Crippen LogP contribution in [0, 0.1) is 0 Å². The van der Waals surface area contributed by atoms with E-state index in [0.717, 1.165) is 33.8 Å². The van der Waals surface area contributed by atoms with Gasteiger partial charge in [0.2, 0.25) is 5.91 Å². The first-order valence-corrected chi connectivity index (χ1v) is 8.51. The third-order valence-corrected chi connectivity index (χ3v) is 5.05. The maximum absolute atomic E-state index is 12.0. The minimum atomic E-state index is -0.0263. The predicted molar refractivity (Wildman–Crippen MR) is 81.6 cm³/mol. The molecular weight excluding hydrogens is 306 g/mol. The quantitative estimate of drug-likeness (QED) is 0.792. The molecule has 0 atom stereocenters. The fourth-order valence-corrected chi connectivity index (χ4v) is 4.01. The molecule has 0 saturated carbocycles. The number of fused-ring (bicyclic) bond motifs is 2. The topological polar surface area (TPSA) is 64.2 Å². The summed E-state index contributed by atoms with van der Waals surface area (Å²) in [6, 6.07) is 0. The molecule has 0 aromatic carbocycles. The molecule has 1 amide bonds. The summed E-state index contributed by atoms with van der Waals surface area (Å²) >= 11 is 3.32. The number of imidazole rings is 2. The molecule has 1 aliphatic heterocycles. The van der Waals surface area contributed by atoms with Gasteiger partial charge in [0.15, 0.2) is 10.1 Å². The third-order valence-electron chi connectivity index (χ3n) is 3.30. The van der Waals surface area contributed by atoms with Crippen molar-refractivity contribution in [2.75, 3.05) is 5.75 Å². The van der Waals surface area contributed by atoms with Crippen LogP contribution < -0.4 is 5.32 Å². The third kappa shape index (κ3) is 2.56. The summed E-state index contributed by atoms with van der Waals surface area (Å²) in [7, 11) is 0. The first kappa shape index (κ1) is 12.9. The second-order valence-corrected chi connectivity index (χ2v) is 6.77.